The highest BCUT2D eigenvalue weighted by atomic mass is 32.2. The van der Waals surface area contributed by atoms with E-state index in [9.17, 15) is 22.4 Å². The van der Waals surface area contributed by atoms with Crippen LogP contribution in [0.25, 0.3) is 55.8 Å². The average Bonchev–Trinajstić information content (AvgIpc) is 3.59. The zero-order valence-corrected chi connectivity index (χ0v) is 25.7. The van der Waals surface area contributed by atoms with E-state index in [0.717, 1.165) is 16.1 Å². The first kappa shape index (κ1) is 28.5. The highest BCUT2D eigenvalue weighted by molar-refractivity contribution is 7.92. The Morgan fingerprint density at radius 1 is 1.00 bits per heavy atom. The van der Waals surface area contributed by atoms with Gasteiger partial charge in [-0.05, 0) is 37.3 Å². The molecule has 4 heterocycles. The lowest BCUT2D eigenvalue weighted by Gasteiger charge is -2.23. The number of carbonyl (C=O) groups is 1. The van der Waals surface area contributed by atoms with Gasteiger partial charge >= 0.3 is 5.69 Å². The van der Waals surface area contributed by atoms with E-state index in [1.54, 1.807) is 30.3 Å². The minimum Gasteiger partial charge on any atom is -0.455 e. The summed E-state index contributed by atoms with van der Waals surface area (Å²) in [6, 6.07) is 18.9. The predicted molar refractivity (Wildman–Crippen MR) is 171 cm³/mol. The molecule has 0 aliphatic carbocycles. The molecule has 1 N–H and O–H groups in total. The number of benzene rings is 3. The Bertz CT molecular complexity index is 2370. The van der Waals surface area contributed by atoms with Gasteiger partial charge in [-0.1, -0.05) is 35.9 Å². The molecule has 3 aromatic carbocycles. The van der Waals surface area contributed by atoms with E-state index >= 15 is 0 Å². The van der Waals surface area contributed by atoms with E-state index < -0.39 is 21.6 Å². The molecule has 6 aromatic rings. The number of aromatic nitrogens is 3. The van der Waals surface area contributed by atoms with Gasteiger partial charge in [-0.2, -0.15) is 4.98 Å². The van der Waals surface area contributed by atoms with Crippen LogP contribution in [0.4, 0.5) is 10.1 Å². The van der Waals surface area contributed by atoms with Crippen molar-refractivity contribution in [3.63, 3.8) is 0 Å². The van der Waals surface area contributed by atoms with Crippen LogP contribution in [-0.2, 0) is 23.1 Å². The Morgan fingerprint density at radius 3 is 2.42 bits per heavy atom. The fourth-order valence-corrected chi connectivity index (χ4v) is 6.52. The van der Waals surface area contributed by atoms with Crippen LogP contribution >= 0.6 is 0 Å². The predicted octanol–water partition coefficient (Wildman–Crippen LogP) is 5.16. The number of rotatable bonds is 5. The van der Waals surface area contributed by atoms with Gasteiger partial charge in [-0.15, -0.1) is 0 Å². The monoisotopic (exact) mass is 625 g/mol. The number of carbonyl (C=O) groups excluding carboxylic acids is 1. The summed E-state index contributed by atoms with van der Waals surface area (Å²) in [6.45, 7) is 2.73. The highest BCUT2D eigenvalue weighted by Crippen LogP contribution is 2.42. The number of aryl methyl sites for hydroxylation is 2. The fraction of sp³-hybridized carbons (Fsp3) is 0.182. The van der Waals surface area contributed by atoms with Crippen molar-refractivity contribution in [2.45, 2.75) is 20.0 Å². The summed E-state index contributed by atoms with van der Waals surface area (Å²) < 4.78 is 51.2. The highest BCUT2D eigenvalue weighted by Gasteiger charge is 2.28. The smallest absolute Gasteiger partial charge is 0.348 e. The van der Waals surface area contributed by atoms with Gasteiger partial charge in [0.2, 0.25) is 10.0 Å². The molecule has 1 aliphatic heterocycles. The van der Waals surface area contributed by atoms with Gasteiger partial charge in [0, 0.05) is 55.2 Å². The zero-order chi connectivity index (χ0) is 31.8. The molecule has 45 heavy (non-hydrogen) atoms. The molecule has 0 saturated heterocycles. The van der Waals surface area contributed by atoms with Gasteiger partial charge < -0.3 is 14.3 Å². The van der Waals surface area contributed by atoms with Gasteiger partial charge in [0.05, 0.1) is 40.1 Å². The summed E-state index contributed by atoms with van der Waals surface area (Å²) in [6.07, 6.45) is 1.07. The topological polar surface area (TPSA) is 119 Å². The number of hydrogen-bond donors (Lipinski definition) is 1. The van der Waals surface area contributed by atoms with Crippen LogP contribution < -0.4 is 15.3 Å². The summed E-state index contributed by atoms with van der Waals surface area (Å²) in [5.74, 6) is -0.449. The molecule has 0 unspecified atom stereocenters. The summed E-state index contributed by atoms with van der Waals surface area (Å²) in [5, 5.41) is 3.52. The normalized spacial score (nSPS) is 12.7. The largest absolute Gasteiger partial charge is 0.455 e. The third kappa shape index (κ3) is 4.51. The Labute approximate surface area is 257 Å². The molecule has 1 amide bonds. The fourth-order valence-electron chi connectivity index (χ4n) is 6.01. The number of furan rings is 1. The van der Waals surface area contributed by atoms with Gasteiger partial charge in [-0.3, -0.25) is 13.7 Å². The zero-order valence-electron chi connectivity index (χ0n) is 24.9. The van der Waals surface area contributed by atoms with E-state index in [0.29, 0.717) is 57.7 Å². The molecule has 0 saturated carbocycles. The second-order valence-corrected chi connectivity index (χ2v) is 13.2. The molecule has 3 aromatic heterocycles. The van der Waals surface area contributed by atoms with Crippen molar-refractivity contribution in [2.24, 2.45) is 0 Å². The number of nitrogens with one attached hydrogen (secondary N) is 1. The van der Waals surface area contributed by atoms with Crippen LogP contribution in [0.2, 0.25) is 0 Å². The molecule has 228 valence electrons. The maximum atomic E-state index is 14.8. The van der Waals surface area contributed by atoms with Crippen LogP contribution in [0.5, 0.6) is 0 Å². The summed E-state index contributed by atoms with van der Waals surface area (Å²) in [5.41, 5.74) is 4.26. The molecular weight excluding hydrogens is 597 g/mol. The van der Waals surface area contributed by atoms with Crippen molar-refractivity contribution in [2.75, 3.05) is 24.7 Å². The maximum absolute atomic E-state index is 14.8. The van der Waals surface area contributed by atoms with Crippen molar-refractivity contribution in [1.82, 2.24) is 19.4 Å². The minimum atomic E-state index is -3.78. The molecule has 0 radical (unpaired) electrons. The number of amides is 1. The second kappa shape index (κ2) is 10.2. The first-order chi connectivity index (χ1) is 21.5. The third-order valence-electron chi connectivity index (χ3n) is 8.40. The lowest BCUT2D eigenvalue weighted by molar-refractivity contribution is 0.0964. The van der Waals surface area contributed by atoms with E-state index in [2.05, 4.69) is 10.3 Å². The van der Waals surface area contributed by atoms with Crippen LogP contribution in [0.1, 0.15) is 15.9 Å². The number of halogens is 1. The van der Waals surface area contributed by atoms with Crippen molar-refractivity contribution in [3.8, 4) is 34.0 Å². The number of hydrogen-bond acceptors (Lipinski definition) is 6. The Kier molecular flexibility index (Phi) is 6.44. The molecular formula is C33H28FN5O5S. The van der Waals surface area contributed by atoms with Crippen molar-refractivity contribution in [1.29, 1.82) is 0 Å². The van der Waals surface area contributed by atoms with E-state index in [-0.39, 0.29) is 28.3 Å². The lowest BCUT2D eigenvalue weighted by Crippen LogP contribution is -2.30. The molecule has 0 atom stereocenters. The lowest BCUT2D eigenvalue weighted by atomic mass is 10.00. The molecule has 0 bridgehead atoms. The molecule has 0 spiro atoms. The van der Waals surface area contributed by atoms with Crippen LogP contribution in [0.15, 0.2) is 75.9 Å². The Balaban J connectivity index is 1.53. The molecule has 7 rings (SSSR count). The van der Waals surface area contributed by atoms with Crippen molar-refractivity contribution < 1.29 is 22.0 Å². The Morgan fingerprint density at radius 2 is 1.71 bits per heavy atom. The first-order valence-electron chi connectivity index (χ1n) is 14.2. The van der Waals surface area contributed by atoms with Crippen LogP contribution in [0, 0.1) is 12.7 Å². The summed E-state index contributed by atoms with van der Waals surface area (Å²) in [4.78, 5) is 31.1. The maximum Gasteiger partial charge on any atom is 0.348 e. The molecule has 1 aliphatic rings. The van der Waals surface area contributed by atoms with Crippen molar-refractivity contribution >= 4 is 43.5 Å². The quantitative estimate of drug-likeness (QED) is 0.283. The van der Waals surface area contributed by atoms with Crippen LogP contribution in [-0.4, -0.2) is 48.8 Å². The average molecular weight is 626 g/mol. The summed E-state index contributed by atoms with van der Waals surface area (Å²) >= 11 is 0. The molecule has 12 heteroatoms. The van der Waals surface area contributed by atoms with E-state index in [1.807, 2.05) is 41.8 Å². The van der Waals surface area contributed by atoms with E-state index in [1.165, 1.54) is 24.7 Å². The minimum absolute atomic E-state index is 0.193. The second-order valence-electron chi connectivity index (χ2n) is 11.2. The third-order valence-corrected chi connectivity index (χ3v) is 9.59. The SMILES string of the molecule is CNC(=O)c1c(-c2ccc(C)cc2)oc2cc(N(C)S(C)(=O)=O)c(-c3cc4n(c(=O)n3)CCn3c-4cc4c(F)cccc43)cc12. The standard InChI is InChI=1S/C33H28FN5O5S/c1-18-8-10-19(11-9-18)31-30(32(40)35-2)22-14-21(26(17-29(22)44-31)37(3)45(4,42)43)24-16-28-27-15-20-23(34)6-5-7-25(20)38(27)12-13-39(28)33(41)36-24/h5-11,14-17H,12-13H2,1-4H3,(H,35,40). The number of anilines is 1. The van der Waals surface area contributed by atoms with Crippen molar-refractivity contribution in [3.05, 3.63) is 94.2 Å². The van der Waals surface area contributed by atoms with E-state index in [4.69, 9.17) is 4.42 Å². The van der Waals surface area contributed by atoms with Gasteiger partial charge in [0.15, 0.2) is 0 Å². The molecule has 0 fully saturated rings. The Hall–Kier alpha value is -5.23. The van der Waals surface area contributed by atoms with Crippen LogP contribution in [0.3, 0.4) is 0 Å². The number of sulfonamides is 1. The number of nitrogens with zero attached hydrogens (tertiary/aromatic N) is 4. The first-order valence-corrected chi connectivity index (χ1v) is 16.0. The van der Waals surface area contributed by atoms with Gasteiger partial charge in [-0.25, -0.2) is 17.6 Å². The number of fused-ring (bicyclic) bond motifs is 6. The molecule has 10 nitrogen and oxygen atoms in total. The van der Waals surface area contributed by atoms with Gasteiger partial charge in [0.1, 0.15) is 17.2 Å². The summed E-state index contributed by atoms with van der Waals surface area (Å²) in [7, 11) is -0.866. The van der Waals surface area contributed by atoms with Gasteiger partial charge in [0.25, 0.3) is 5.91 Å².